The zero-order valence-corrected chi connectivity index (χ0v) is 14.5. The van der Waals surface area contributed by atoms with E-state index in [-0.39, 0.29) is 6.79 Å². The lowest BCUT2D eigenvalue weighted by molar-refractivity contribution is 0.174. The summed E-state index contributed by atoms with van der Waals surface area (Å²) in [6.45, 7) is 2.18. The SMILES string of the molecule is Cc1cc(N)nc(SCc2csc(-c3ccc4c(c3)OCO4)n2)n1. The molecule has 0 saturated heterocycles. The lowest BCUT2D eigenvalue weighted by Crippen LogP contribution is -1.96. The second-order valence-electron chi connectivity index (χ2n) is 5.22. The molecule has 1 aromatic carbocycles. The van der Waals surface area contributed by atoms with Crippen LogP contribution in [0.1, 0.15) is 11.4 Å². The number of nitrogens with zero attached hydrogens (tertiary/aromatic N) is 3. The molecule has 0 fully saturated rings. The average Bonchev–Trinajstić information content (AvgIpc) is 3.20. The largest absolute Gasteiger partial charge is 0.454 e. The first kappa shape index (κ1) is 15.2. The number of aryl methyl sites for hydroxylation is 1. The minimum absolute atomic E-state index is 0.276. The van der Waals surface area contributed by atoms with Crippen LogP contribution in [0.2, 0.25) is 0 Å². The van der Waals surface area contributed by atoms with Gasteiger partial charge in [0.2, 0.25) is 6.79 Å². The molecule has 122 valence electrons. The number of hydrogen-bond donors (Lipinski definition) is 1. The van der Waals surface area contributed by atoms with E-state index in [1.807, 2.05) is 30.5 Å². The molecular weight excluding hydrogens is 344 g/mol. The van der Waals surface area contributed by atoms with E-state index in [9.17, 15) is 0 Å². The minimum Gasteiger partial charge on any atom is -0.454 e. The van der Waals surface area contributed by atoms with Gasteiger partial charge in [0.1, 0.15) is 10.8 Å². The molecule has 0 saturated carbocycles. The number of anilines is 1. The average molecular weight is 358 g/mol. The Hall–Kier alpha value is -2.32. The number of thiazole rings is 1. The van der Waals surface area contributed by atoms with Gasteiger partial charge in [-0.25, -0.2) is 15.0 Å². The minimum atomic E-state index is 0.276. The van der Waals surface area contributed by atoms with Crippen molar-refractivity contribution in [3.63, 3.8) is 0 Å². The molecule has 4 rings (SSSR count). The predicted octanol–water partition coefficient (Wildman–Crippen LogP) is 3.51. The van der Waals surface area contributed by atoms with E-state index < -0.39 is 0 Å². The second kappa shape index (κ2) is 6.29. The Morgan fingerprint density at radius 2 is 2.04 bits per heavy atom. The molecule has 8 heteroatoms. The Labute approximate surface area is 147 Å². The van der Waals surface area contributed by atoms with Crippen molar-refractivity contribution in [2.75, 3.05) is 12.5 Å². The van der Waals surface area contributed by atoms with E-state index in [1.165, 1.54) is 11.8 Å². The number of benzene rings is 1. The number of fused-ring (bicyclic) bond motifs is 1. The highest BCUT2D eigenvalue weighted by atomic mass is 32.2. The van der Waals surface area contributed by atoms with Crippen LogP contribution in [0.15, 0.2) is 34.8 Å². The maximum atomic E-state index is 5.75. The van der Waals surface area contributed by atoms with Gasteiger partial charge < -0.3 is 15.2 Å². The molecule has 1 aliphatic rings. The fraction of sp³-hybridized carbons (Fsp3) is 0.188. The van der Waals surface area contributed by atoms with Crippen molar-refractivity contribution in [1.29, 1.82) is 0 Å². The highest BCUT2D eigenvalue weighted by molar-refractivity contribution is 7.98. The third kappa shape index (κ3) is 3.15. The molecule has 0 bridgehead atoms. The smallest absolute Gasteiger partial charge is 0.231 e. The van der Waals surface area contributed by atoms with E-state index >= 15 is 0 Å². The van der Waals surface area contributed by atoms with Crippen LogP contribution in [0.3, 0.4) is 0 Å². The number of rotatable bonds is 4. The Morgan fingerprint density at radius 1 is 1.17 bits per heavy atom. The van der Waals surface area contributed by atoms with Crippen molar-refractivity contribution in [2.45, 2.75) is 17.8 Å². The second-order valence-corrected chi connectivity index (χ2v) is 7.02. The maximum absolute atomic E-state index is 5.75. The summed E-state index contributed by atoms with van der Waals surface area (Å²) in [5.74, 6) is 2.73. The summed E-state index contributed by atoms with van der Waals surface area (Å²) in [5, 5.41) is 3.67. The van der Waals surface area contributed by atoms with Gasteiger partial charge in [0, 0.05) is 28.5 Å². The van der Waals surface area contributed by atoms with Crippen LogP contribution < -0.4 is 15.2 Å². The molecule has 1 aliphatic heterocycles. The standard InChI is InChI=1S/C16H14N4O2S2/c1-9-4-14(17)20-16(18-9)24-7-11-6-23-15(19-11)10-2-3-12-13(5-10)22-8-21-12/h2-6H,7-8H2,1H3,(H2,17,18,20). The summed E-state index contributed by atoms with van der Waals surface area (Å²) in [6, 6.07) is 7.62. The van der Waals surface area contributed by atoms with Crippen LogP contribution in [-0.4, -0.2) is 21.7 Å². The molecule has 0 atom stereocenters. The highest BCUT2D eigenvalue weighted by Crippen LogP contribution is 2.37. The topological polar surface area (TPSA) is 83.2 Å². The highest BCUT2D eigenvalue weighted by Gasteiger charge is 2.15. The van der Waals surface area contributed by atoms with Crippen molar-refractivity contribution >= 4 is 28.9 Å². The zero-order chi connectivity index (χ0) is 16.5. The number of aromatic nitrogens is 3. The summed E-state index contributed by atoms with van der Waals surface area (Å²) in [4.78, 5) is 13.3. The van der Waals surface area contributed by atoms with Crippen LogP contribution in [0.25, 0.3) is 10.6 Å². The van der Waals surface area contributed by atoms with Crippen LogP contribution in [0.4, 0.5) is 5.82 Å². The molecule has 2 aromatic heterocycles. The Kier molecular flexibility index (Phi) is 3.99. The molecule has 0 radical (unpaired) electrons. The van der Waals surface area contributed by atoms with E-state index in [1.54, 1.807) is 17.4 Å². The van der Waals surface area contributed by atoms with Gasteiger partial charge in [-0.3, -0.25) is 0 Å². The molecular formula is C16H14N4O2S2. The maximum Gasteiger partial charge on any atom is 0.231 e. The first-order valence-corrected chi connectivity index (χ1v) is 9.12. The van der Waals surface area contributed by atoms with Crippen molar-refractivity contribution in [3.8, 4) is 22.1 Å². The predicted molar refractivity (Wildman–Crippen MR) is 94.4 cm³/mol. The Bertz CT molecular complexity index is 877. The number of ether oxygens (including phenoxy) is 2. The van der Waals surface area contributed by atoms with Gasteiger partial charge in [0.05, 0.1) is 5.69 Å². The van der Waals surface area contributed by atoms with Crippen molar-refractivity contribution in [2.24, 2.45) is 0 Å². The quantitative estimate of drug-likeness (QED) is 0.564. The zero-order valence-electron chi connectivity index (χ0n) is 12.9. The van der Waals surface area contributed by atoms with Crippen molar-refractivity contribution < 1.29 is 9.47 Å². The number of nitrogens with two attached hydrogens (primary N) is 1. The molecule has 24 heavy (non-hydrogen) atoms. The molecule has 0 aliphatic carbocycles. The summed E-state index contributed by atoms with van der Waals surface area (Å²) in [5.41, 5.74) is 8.63. The van der Waals surface area contributed by atoms with Crippen LogP contribution in [0.5, 0.6) is 11.5 Å². The monoisotopic (exact) mass is 358 g/mol. The normalized spacial score (nSPS) is 12.5. The molecule has 0 spiro atoms. The Morgan fingerprint density at radius 3 is 2.92 bits per heavy atom. The number of nitrogen functional groups attached to an aromatic ring is 1. The molecule has 0 unspecified atom stereocenters. The third-order valence-electron chi connectivity index (χ3n) is 3.37. The first-order chi connectivity index (χ1) is 11.7. The molecule has 2 N–H and O–H groups in total. The van der Waals surface area contributed by atoms with Gasteiger partial charge in [-0.05, 0) is 25.1 Å². The van der Waals surface area contributed by atoms with Crippen LogP contribution >= 0.6 is 23.1 Å². The molecule has 3 heterocycles. The van der Waals surface area contributed by atoms with Gasteiger partial charge in [-0.15, -0.1) is 11.3 Å². The van der Waals surface area contributed by atoms with Gasteiger partial charge >= 0.3 is 0 Å². The van der Waals surface area contributed by atoms with Crippen LogP contribution in [0, 0.1) is 6.92 Å². The van der Waals surface area contributed by atoms with E-state index in [0.29, 0.717) is 16.7 Å². The van der Waals surface area contributed by atoms with Gasteiger partial charge in [-0.2, -0.15) is 0 Å². The lowest BCUT2D eigenvalue weighted by Gasteiger charge is -2.01. The van der Waals surface area contributed by atoms with Crippen molar-refractivity contribution in [1.82, 2.24) is 15.0 Å². The summed E-state index contributed by atoms with van der Waals surface area (Å²) in [7, 11) is 0. The van der Waals surface area contributed by atoms with Gasteiger partial charge in [0.25, 0.3) is 0 Å². The number of hydrogen-bond acceptors (Lipinski definition) is 8. The van der Waals surface area contributed by atoms with Gasteiger partial charge in [-0.1, -0.05) is 11.8 Å². The fourth-order valence-corrected chi connectivity index (χ4v) is 4.03. The summed E-state index contributed by atoms with van der Waals surface area (Å²) < 4.78 is 10.8. The van der Waals surface area contributed by atoms with Crippen molar-refractivity contribution in [3.05, 3.63) is 41.0 Å². The molecule has 3 aromatic rings. The van der Waals surface area contributed by atoms with Gasteiger partial charge in [0.15, 0.2) is 16.7 Å². The Balaban J connectivity index is 1.48. The third-order valence-corrected chi connectivity index (χ3v) is 5.19. The first-order valence-electron chi connectivity index (χ1n) is 7.26. The van der Waals surface area contributed by atoms with Crippen LogP contribution in [-0.2, 0) is 5.75 Å². The summed E-state index contributed by atoms with van der Waals surface area (Å²) in [6.07, 6.45) is 0. The van der Waals surface area contributed by atoms with E-state index in [2.05, 4.69) is 15.0 Å². The summed E-state index contributed by atoms with van der Waals surface area (Å²) >= 11 is 3.13. The lowest BCUT2D eigenvalue weighted by atomic mass is 10.2. The number of thioether (sulfide) groups is 1. The molecule has 0 amide bonds. The molecule has 6 nitrogen and oxygen atoms in total. The van der Waals surface area contributed by atoms with E-state index in [4.69, 9.17) is 15.2 Å². The van der Waals surface area contributed by atoms with E-state index in [0.717, 1.165) is 33.5 Å². The fourth-order valence-electron chi connectivity index (χ4n) is 2.30.